The van der Waals surface area contributed by atoms with Crippen LogP contribution in [0.5, 0.6) is 0 Å². The predicted octanol–water partition coefficient (Wildman–Crippen LogP) is 3.91. The Kier molecular flexibility index (Phi) is 3.53. The Balaban J connectivity index is 2.03. The van der Waals surface area contributed by atoms with E-state index in [1.165, 1.54) is 0 Å². The number of thiocarbonyl (C=S) groups is 1. The molecule has 0 bridgehead atoms. The van der Waals surface area contributed by atoms with E-state index in [2.05, 4.69) is 4.98 Å². The average Bonchev–Trinajstić information content (AvgIpc) is 2.74. The second kappa shape index (κ2) is 5.14. The number of cyclic esters (lactones) is 1. The fourth-order valence-electron chi connectivity index (χ4n) is 2.44. The van der Waals surface area contributed by atoms with Crippen molar-refractivity contribution in [2.75, 3.05) is 0 Å². The number of benzene rings is 1. The number of esters is 1. The third-order valence-corrected chi connectivity index (χ3v) is 4.65. The summed E-state index contributed by atoms with van der Waals surface area (Å²) >= 11 is 7.08. The van der Waals surface area contributed by atoms with Gasteiger partial charge in [0, 0.05) is 13.8 Å². The number of aryl methyl sites for hydroxylation is 1. The lowest BCUT2D eigenvalue weighted by Crippen LogP contribution is -2.38. The van der Waals surface area contributed by atoms with Gasteiger partial charge in [-0.25, -0.2) is 9.78 Å². The van der Waals surface area contributed by atoms with Gasteiger partial charge in [-0.15, -0.1) is 11.3 Å². The van der Waals surface area contributed by atoms with E-state index < -0.39 is 11.8 Å². The summed E-state index contributed by atoms with van der Waals surface area (Å²) in [5, 5.41) is 0.996. The molecule has 0 unspecified atom stereocenters. The molecule has 0 spiro atoms. The van der Waals surface area contributed by atoms with Crippen molar-refractivity contribution in [2.45, 2.75) is 33.5 Å². The Hall–Kier alpha value is -1.79. The van der Waals surface area contributed by atoms with Gasteiger partial charge in [0.25, 0.3) is 0 Å². The van der Waals surface area contributed by atoms with E-state index in [0.717, 1.165) is 20.8 Å². The first kappa shape index (κ1) is 15.1. The number of rotatable bonds is 2. The molecule has 0 saturated carbocycles. The highest BCUT2D eigenvalue weighted by Gasteiger charge is 2.36. The van der Waals surface area contributed by atoms with Crippen LogP contribution >= 0.6 is 23.6 Å². The molecular formula is C16H15NO3S2. The molecule has 2 aromatic rings. The lowest BCUT2D eigenvalue weighted by molar-refractivity contribution is -0.205. The van der Waals surface area contributed by atoms with Gasteiger partial charge in [-0.1, -0.05) is 18.3 Å². The molecule has 2 heterocycles. The molecular weight excluding hydrogens is 318 g/mol. The molecule has 3 rings (SSSR count). The maximum atomic E-state index is 12.2. The molecule has 0 fully saturated rings. The second-order valence-corrected chi connectivity index (χ2v) is 7.21. The molecule has 114 valence electrons. The third-order valence-electron chi connectivity index (χ3n) is 3.28. The minimum absolute atomic E-state index is 0.315. The van der Waals surface area contributed by atoms with Gasteiger partial charge in [-0.2, -0.15) is 0 Å². The van der Waals surface area contributed by atoms with Crippen LogP contribution in [0.2, 0.25) is 0 Å². The predicted molar refractivity (Wildman–Crippen MR) is 90.0 cm³/mol. The summed E-state index contributed by atoms with van der Waals surface area (Å²) in [4.78, 5) is 17.1. The van der Waals surface area contributed by atoms with Crippen molar-refractivity contribution in [3.63, 3.8) is 0 Å². The van der Waals surface area contributed by atoms with Crippen LogP contribution < -0.4 is 0 Å². The van der Waals surface area contributed by atoms with Crippen LogP contribution in [0.25, 0.3) is 10.2 Å². The van der Waals surface area contributed by atoms with Crippen LogP contribution in [0.1, 0.15) is 31.3 Å². The number of ether oxygens (including phenoxy) is 2. The SMILES string of the molecule is CC1=C(C(=S)c2ccc3nc(C)sc3c2)C(=O)OC(C)(C)O1. The Morgan fingerprint density at radius 1 is 1.27 bits per heavy atom. The second-order valence-electron chi connectivity index (χ2n) is 5.57. The van der Waals surface area contributed by atoms with Crippen LogP contribution in [0.15, 0.2) is 29.5 Å². The Morgan fingerprint density at radius 2 is 2.00 bits per heavy atom. The summed E-state index contributed by atoms with van der Waals surface area (Å²) < 4.78 is 11.9. The van der Waals surface area contributed by atoms with Gasteiger partial charge in [0.1, 0.15) is 11.3 Å². The van der Waals surface area contributed by atoms with E-state index in [9.17, 15) is 4.79 Å². The van der Waals surface area contributed by atoms with E-state index >= 15 is 0 Å². The van der Waals surface area contributed by atoms with Gasteiger partial charge in [0.2, 0.25) is 5.79 Å². The fraction of sp³-hybridized carbons (Fsp3) is 0.312. The van der Waals surface area contributed by atoms with Crippen molar-refractivity contribution in [1.29, 1.82) is 0 Å². The first-order valence-corrected chi connectivity index (χ1v) is 8.04. The maximum Gasteiger partial charge on any atom is 0.346 e. The van der Waals surface area contributed by atoms with Crippen molar-refractivity contribution in [2.24, 2.45) is 0 Å². The summed E-state index contributed by atoms with van der Waals surface area (Å²) in [7, 11) is 0. The number of nitrogens with zero attached hydrogens (tertiary/aromatic N) is 1. The van der Waals surface area contributed by atoms with Crippen LogP contribution in [0, 0.1) is 6.92 Å². The number of fused-ring (bicyclic) bond motifs is 1. The van der Waals surface area contributed by atoms with Gasteiger partial charge in [0.15, 0.2) is 0 Å². The van der Waals surface area contributed by atoms with Crippen LogP contribution in [-0.2, 0) is 14.3 Å². The maximum absolute atomic E-state index is 12.2. The normalized spacial score (nSPS) is 17.4. The molecule has 1 aromatic heterocycles. The zero-order valence-electron chi connectivity index (χ0n) is 12.7. The standard InChI is InChI=1S/C16H15NO3S2/c1-8-13(15(18)20-16(3,4)19-8)14(21)10-5-6-11-12(7-10)22-9(2)17-11/h5-7H,1-4H3. The van der Waals surface area contributed by atoms with Gasteiger partial charge in [0.05, 0.1) is 20.1 Å². The topological polar surface area (TPSA) is 48.4 Å². The Bertz CT molecular complexity index is 833. The zero-order valence-corrected chi connectivity index (χ0v) is 14.4. The summed E-state index contributed by atoms with van der Waals surface area (Å²) in [6.45, 7) is 7.09. The fourth-order valence-corrected chi connectivity index (χ4v) is 3.66. The van der Waals surface area contributed by atoms with Crippen LogP contribution in [-0.4, -0.2) is 21.6 Å². The Labute approximate surface area is 137 Å². The minimum Gasteiger partial charge on any atom is -0.456 e. The molecule has 0 amide bonds. The number of allylic oxidation sites excluding steroid dienone is 1. The molecule has 1 aliphatic heterocycles. The molecule has 1 aliphatic rings. The summed E-state index contributed by atoms with van der Waals surface area (Å²) in [6.07, 6.45) is 0. The van der Waals surface area contributed by atoms with E-state index in [1.807, 2.05) is 25.1 Å². The van der Waals surface area contributed by atoms with Crippen molar-refractivity contribution < 1.29 is 14.3 Å². The van der Waals surface area contributed by atoms with Gasteiger partial charge < -0.3 is 9.47 Å². The summed E-state index contributed by atoms with van der Waals surface area (Å²) in [5.74, 6) is -0.912. The highest BCUT2D eigenvalue weighted by atomic mass is 32.1. The highest BCUT2D eigenvalue weighted by Crippen LogP contribution is 2.30. The quantitative estimate of drug-likeness (QED) is 0.474. The average molecular weight is 333 g/mol. The van der Waals surface area contributed by atoms with Crippen molar-refractivity contribution in [3.8, 4) is 0 Å². The zero-order chi connectivity index (χ0) is 16.1. The molecule has 22 heavy (non-hydrogen) atoms. The molecule has 0 atom stereocenters. The monoisotopic (exact) mass is 333 g/mol. The van der Waals surface area contributed by atoms with Crippen molar-refractivity contribution in [3.05, 3.63) is 40.1 Å². The molecule has 6 heteroatoms. The molecule has 0 aliphatic carbocycles. The third kappa shape index (κ3) is 2.64. The van der Waals surface area contributed by atoms with Crippen molar-refractivity contribution in [1.82, 2.24) is 4.98 Å². The van der Waals surface area contributed by atoms with E-state index in [0.29, 0.717) is 16.2 Å². The van der Waals surface area contributed by atoms with Gasteiger partial charge in [-0.05, 0) is 31.5 Å². The summed E-state index contributed by atoms with van der Waals surface area (Å²) in [6, 6.07) is 5.74. The number of carbonyl (C=O) groups excluding carboxylic acids is 1. The van der Waals surface area contributed by atoms with Gasteiger partial charge >= 0.3 is 5.97 Å². The number of hydrogen-bond acceptors (Lipinski definition) is 6. The molecule has 0 radical (unpaired) electrons. The van der Waals surface area contributed by atoms with Crippen LogP contribution in [0.3, 0.4) is 0 Å². The lowest BCUT2D eigenvalue weighted by Gasteiger charge is -2.32. The molecule has 0 saturated heterocycles. The van der Waals surface area contributed by atoms with Crippen LogP contribution in [0.4, 0.5) is 0 Å². The first-order valence-electron chi connectivity index (χ1n) is 6.82. The smallest absolute Gasteiger partial charge is 0.346 e. The van der Waals surface area contributed by atoms with E-state index in [4.69, 9.17) is 21.7 Å². The van der Waals surface area contributed by atoms with Crippen molar-refractivity contribution >= 4 is 44.6 Å². The number of carbonyl (C=O) groups is 1. The lowest BCUT2D eigenvalue weighted by atomic mass is 10.0. The molecule has 1 aromatic carbocycles. The van der Waals surface area contributed by atoms with E-state index in [-0.39, 0.29) is 0 Å². The van der Waals surface area contributed by atoms with Gasteiger partial charge in [-0.3, -0.25) is 0 Å². The first-order chi connectivity index (χ1) is 10.3. The highest BCUT2D eigenvalue weighted by molar-refractivity contribution is 7.81. The largest absolute Gasteiger partial charge is 0.456 e. The molecule has 4 nitrogen and oxygen atoms in total. The van der Waals surface area contributed by atoms with E-state index in [1.54, 1.807) is 32.1 Å². The number of hydrogen-bond donors (Lipinski definition) is 0. The number of thiazole rings is 1. The summed E-state index contributed by atoms with van der Waals surface area (Å²) in [5.41, 5.74) is 2.04. The minimum atomic E-state index is -0.959. The Morgan fingerprint density at radius 3 is 2.68 bits per heavy atom. The molecule has 0 N–H and O–H groups in total. The number of aromatic nitrogens is 1.